The fourth-order valence-electron chi connectivity index (χ4n) is 2.08. The maximum atomic E-state index is 11.1. The van der Waals surface area contributed by atoms with Crippen molar-refractivity contribution in [2.75, 3.05) is 0 Å². The minimum atomic E-state index is 0.211. The first-order valence-corrected chi connectivity index (χ1v) is 4.76. The van der Waals surface area contributed by atoms with Crippen molar-refractivity contribution in [2.45, 2.75) is 39.0 Å². The van der Waals surface area contributed by atoms with E-state index in [4.69, 9.17) is 0 Å². The normalized spacial score (nSPS) is 29.8. The van der Waals surface area contributed by atoms with Gasteiger partial charge in [0.2, 0.25) is 5.91 Å². The Morgan fingerprint density at radius 2 is 2.17 bits per heavy atom. The summed E-state index contributed by atoms with van der Waals surface area (Å²) in [5, 5.41) is 2.99. The molecule has 12 heavy (non-hydrogen) atoms. The molecule has 2 heteroatoms. The third-order valence-corrected chi connectivity index (χ3v) is 2.86. The first kappa shape index (κ1) is 7.84. The molecule has 1 heterocycles. The van der Waals surface area contributed by atoms with Gasteiger partial charge in [-0.1, -0.05) is 12.5 Å². The SMILES string of the molecule is CC1CCC2=C(C1)NC(=O)CC2. The standard InChI is InChI=1S/C10H15NO/c1-7-2-3-8-4-5-10(12)11-9(8)6-7/h7H,2-6H2,1H3,(H,11,12). The highest BCUT2D eigenvalue weighted by molar-refractivity contribution is 5.79. The molecular weight excluding hydrogens is 150 g/mol. The summed E-state index contributed by atoms with van der Waals surface area (Å²) in [5.41, 5.74) is 2.75. The molecule has 1 aliphatic carbocycles. The summed E-state index contributed by atoms with van der Waals surface area (Å²) in [5.74, 6) is 0.963. The molecule has 1 unspecified atom stereocenters. The van der Waals surface area contributed by atoms with E-state index in [9.17, 15) is 4.79 Å². The van der Waals surface area contributed by atoms with Crippen LogP contribution in [0.25, 0.3) is 0 Å². The van der Waals surface area contributed by atoms with Crippen molar-refractivity contribution in [3.05, 3.63) is 11.3 Å². The van der Waals surface area contributed by atoms with Crippen molar-refractivity contribution in [1.82, 2.24) is 5.32 Å². The Labute approximate surface area is 73.0 Å². The van der Waals surface area contributed by atoms with Gasteiger partial charge >= 0.3 is 0 Å². The van der Waals surface area contributed by atoms with Gasteiger partial charge in [-0.15, -0.1) is 0 Å². The van der Waals surface area contributed by atoms with E-state index in [-0.39, 0.29) is 5.91 Å². The molecule has 0 aromatic carbocycles. The average Bonchev–Trinajstić information content (AvgIpc) is 2.03. The number of allylic oxidation sites excluding steroid dienone is 2. The molecular formula is C10H15NO. The highest BCUT2D eigenvalue weighted by atomic mass is 16.1. The van der Waals surface area contributed by atoms with Gasteiger partial charge in [-0.05, 0) is 31.6 Å². The second kappa shape index (κ2) is 2.92. The molecule has 1 N–H and O–H groups in total. The van der Waals surface area contributed by atoms with Crippen LogP contribution in [-0.4, -0.2) is 5.91 Å². The molecule has 2 nitrogen and oxygen atoms in total. The van der Waals surface area contributed by atoms with Gasteiger partial charge in [0.25, 0.3) is 0 Å². The van der Waals surface area contributed by atoms with Crippen molar-refractivity contribution < 1.29 is 4.79 Å². The lowest BCUT2D eigenvalue weighted by atomic mass is 9.85. The van der Waals surface area contributed by atoms with Crippen molar-refractivity contribution in [2.24, 2.45) is 5.92 Å². The number of carbonyl (C=O) groups is 1. The van der Waals surface area contributed by atoms with Crippen LogP contribution in [0, 0.1) is 5.92 Å². The molecule has 1 amide bonds. The smallest absolute Gasteiger partial charge is 0.224 e. The quantitative estimate of drug-likeness (QED) is 0.584. The van der Waals surface area contributed by atoms with E-state index >= 15 is 0 Å². The third kappa shape index (κ3) is 1.38. The highest BCUT2D eigenvalue weighted by Gasteiger charge is 2.23. The zero-order valence-corrected chi connectivity index (χ0v) is 7.52. The van der Waals surface area contributed by atoms with Crippen LogP contribution < -0.4 is 5.32 Å². The summed E-state index contributed by atoms with van der Waals surface area (Å²) in [6.45, 7) is 2.25. The van der Waals surface area contributed by atoms with Gasteiger partial charge < -0.3 is 5.32 Å². The molecule has 0 aromatic heterocycles. The summed E-state index contributed by atoms with van der Waals surface area (Å²) < 4.78 is 0. The number of rotatable bonds is 0. The number of hydrogen-bond acceptors (Lipinski definition) is 1. The molecule has 1 atom stereocenters. The largest absolute Gasteiger partial charge is 0.330 e. The van der Waals surface area contributed by atoms with Crippen LogP contribution in [0.4, 0.5) is 0 Å². The van der Waals surface area contributed by atoms with Crippen LogP contribution in [0.2, 0.25) is 0 Å². The molecule has 0 bridgehead atoms. The number of nitrogens with one attached hydrogen (secondary N) is 1. The van der Waals surface area contributed by atoms with Gasteiger partial charge in [0, 0.05) is 12.1 Å². The van der Waals surface area contributed by atoms with Gasteiger partial charge in [0.05, 0.1) is 0 Å². The van der Waals surface area contributed by atoms with E-state index in [2.05, 4.69) is 12.2 Å². The molecule has 0 saturated carbocycles. The van der Waals surface area contributed by atoms with Gasteiger partial charge in [0.15, 0.2) is 0 Å². The van der Waals surface area contributed by atoms with Crippen LogP contribution in [0.15, 0.2) is 11.3 Å². The van der Waals surface area contributed by atoms with E-state index in [0.29, 0.717) is 6.42 Å². The Kier molecular flexibility index (Phi) is 1.91. The van der Waals surface area contributed by atoms with Gasteiger partial charge in [-0.2, -0.15) is 0 Å². The number of carbonyl (C=O) groups excluding carboxylic acids is 1. The zero-order valence-electron chi connectivity index (χ0n) is 7.52. The summed E-state index contributed by atoms with van der Waals surface area (Å²) in [6.07, 6.45) is 5.30. The van der Waals surface area contributed by atoms with Crippen LogP contribution in [0.5, 0.6) is 0 Å². The molecule has 0 saturated heterocycles. The van der Waals surface area contributed by atoms with E-state index in [0.717, 1.165) is 18.8 Å². The summed E-state index contributed by atoms with van der Waals surface area (Å²) in [7, 11) is 0. The average molecular weight is 165 g/mol. The van der Waals surface area contributed by atoms with Crippen molar-refractivity contribution in [1.29, 1.82) is 0 Å². The number of amides is 1. The van der Waals surface area contributed by atoms with Gasteiger partial charge in [0.1, 0.15) is 0 Å². The van der Waals surface area contributed by atoms with Crippen LogP contribution in [0.3, 0.4) is 0 Å². The molecule has 2 rings (SSSR count). The van der Waals surface area contributed by atoms with Crippen molar-refractivity contribution in [3.8, 4) is 0 Å². The molecule has 0 aromatic rings. The maximum Gasteiger partial charge on any atom is 0.224 e. The van der Waals surface area contributed by atoms with Crippen molar-refractivity contribution in [3.63, 3.8) is 0 Å². The maximum absolute atomic E-state index is 11.1. The Balaban J connectivity index is 2.17. The fraction of sp³-hybridized carbons (Fsp3) is 0.700. The monoisotopic (exact) mass is 165 g/mol. The Morgan fingerprint density at radius 1 is 1.33 bits per heavy atom. The van der Waals surface area contributed by atoms with Gasteiger partial charge in [-0.3, -0.25) is 4.79 Å². The van der Waals surface area contributed by atoms with Crippen LogP contribution in [-0.2, 0) is 4.79 Å². The lowest BCUT2D eigenvalue weighted by Gasteiger charge is -2.28. The second-order valence-corrected chi connectivity index (χ2v) is 3.98. The van der Waals surface area contributed by atoms with E-state index in [1.165, 1.54) is 24.1 Å². The summed E-state index contributed by atoms with van der Waals surface area (Å²) in [6, 6.07) is 0. The predicted molar refractivity (Wildman–Crippen MR) is 47.4 cm³/mol. The molecule has 0 spiro atoms. The zero-order chi connectivity index (χ0) is 8.55. The lowest BCUT2D eigenvalue weighted by Crippen LogP contribution is -2.31. The molecule has 0 fully saturated rings. The Hall–Kier alpha value is -0.790. The molecule has 2 aliphatic rings. The van der Waals surface area contributed by atoms with Crippen LogP contribution >= 0.6 is 0 Å². The van der Waals surface area contributed by atoms with E-state index < -0.39 is 0 Å². The molecule has 66 valence electrons. The van der Waals surface area contributed by atoms with Crippen LogP contribution in [0.1, 0.15) is 39.0 Å². The topological polar surface area (TPSA) is 29.1 Å². The first-order chi connectivity index (χ1) is 5.75. The molecule has 1 aliphatic heterocycles. The summed E-state index contributed by atoms with van der Waals surface area (Å²) >= 11 is 0. The van der Waals surface area contributed by atoms with E-state index in [1.807, 2.05) is 0 Å². The lowest BCUT2D eigenvalue weighted by molar-refractivity contribution is -0.120. The minimum absolute atomic E-state index is 0.211. The molecule has 0 radical (unpaired) electrons. The first-order valence-electron chi connectivity index (χ1n) is 4.76. The van der Waals surface area contributed by atoms with E-state index in [1.54, 1.807) is 0 Å². The third-order valence-electron chi connectivity index (χ3n) is 2.86. The predicted octanol–water partition coefficient (Wildman–Crippen LogP) is 1.97. The number of hydrogen-bond donors (Lipinski definition) is 1. The van der Waals surface area contributed by atoms with Gasteiger partial charge in [-0.25, -0.2) is 0 Å². The Bertz CT molecular complexity index is 242. The van der Waals surface area contributed by atoms with Crippen molar-refractivity contribution >= 4 is 5.91 Å². The summed E-state index contributed by atoms with van der Waals surface area (Å²) in [4.78, 5) is 11.1. The second-order valence-electron chi connectivity index (χ2n) is 3.98. The Morgan fingerprint density at radius 3 is 3.00 bits per heavy atom. The minimum Gasteiger partial charge on any atom is -0.330 e. The highest BCUT2D eigenvalue weighted by Crippen LogP contribution is 2.32. The fourth-order valence-corrected chi connectivity index (χ4v) is 2.08.